The predicted molar refractivity (Wildman–Crippen MR) is 78.4 cm³/mol. The van der Waals surface area contributed by atoms with Crippen LogP contribution in [0.2, 0.25) is 0 Å². The zero-order chi connectivity index (χ0) is 14.1. The van der Waals surface area contributed by atoms with Crippen LogP contribution in [0.3, 0.4) is 0 Å². The van der Waals surface area contributed by atoms with Crippen LogP contribution in [-0.2, 0) is 13.0 Å². The highest BCUT2D eigenvalue weighted by Gasteiger charge is 2.22. The lowest BCUT2D eigenvalue weighted by Gasteiger charge is -2.14. The van der Waals surface area contributed by atoms with Crippen LogP contribution in [-0.4, -0.2) is 20.7 Å². The molecule has 104 valence electrons. The molecule has 1 aliphatic heterocycles. The summed E-state index contributed by atoms with van der Waals surface area (Å²) >= 11 is 3.37. The Hall–Kier alpha value is -1.69. The van der Waals surface area contributed by atoms with Crippen molar-refractivity contribution in [1.29, 1.82) is 0 Å². The molecule has 0 unspecified atom stereocenters. The van der Waals surface area contributed by atoms with Crippen molar-refractivity contribution in [3.05, 3.63) is 46.0 Å². The predicted octanol–water partition coefficient (Wildman–Crippen LogP) is 2.48. The summed E-state index contributed by atoms with van der Waals surface area (Å²) in [5, 5.41) is 11.3. The van der Waals surface area contributed by atoms with Crippen molar-refractivity contribution in [2.45, 2.75) is 32.4 Å². The van der Waals surface area contributed by atoms with Gasteiger partial charge in [0, 0.05) is 23.0 Å². The number of carbonyl (C=O) groups excluding carboxylic acids is 1. The van der Waals surface area contributed by atoms with Gasteiger partial charge in [0.15, 0.2) is 5.82 Å². The Balaban J connectivity index is 1.75. The number of hydrogen-bond acceptors (Lipinski definition) is 3. The summed E-state index contributed by atoms with van der Waals surface area (Å²) in [7, 11) is 0. The van der Waals surface area contributed by atoms with Crippen molar-refractivity contribution >= 4 is 21.8 Å². The first-order valence-corrected chi connectivity index (χ1v) is 7.43. The van der Waals surface area contributed by atoms with E-state index in [1.165, 1.54) is 0 Å². The normalized spacial score (nSPS) is 14.9. The number of aryl methyl sites for hydroxylation is 1. The molecule has 0 saturated carbocycles. The lowest BCUT2D eigenvalue weighted by Crippen LogP contribution is -2.28. The molecule has 1 aliphatic rings. The minimum atomic E-state index is -0.152. The third kappa shape index (κ3) is 2.47. The fourth-order valence-electron chi connectivity index (χ4n) is 2.47. The topological polar surface area (TPSA) is 59.8 Å². The second kappa shape index (κ2) is 5.36. The zero-order valence-corrected chi connectivity index (χ0v) is 12.7. The maximum Gasteiger partial charge on any atom is 0.251 e. The Kier molecular flexibility index (Phi) is 3.56. The van der Waals surface area contributed by atoms with E-state index in [1.807, 2.05) is 19.1 Å². The number of carbonyl (C=O) groups is 1. The van der Waals surface area contributed by atoms with Crippen molar-refractivity contribution in [3.8, 4) is 0 Å². The summed E-state index contributed by atoms with van der Waals surface area (Å²) in [6.07, 6.45) is 2.07. The van der Waals surface area contributed by atoms with Crippen molar-refractivity contribution < 1.29 is 4.79 Å². The molecule has 3 rings (SSSR count). The highest BCUT2D eigenvalue weighted by molar-refractivity contribution is 9.10. The van der Waals surface area contributed by atoms with Crippen molar-refractivity contribution in [2.75, 3.05) is 0 Å². The van der Waals surface area contributed by atoms with Gasteiger partial charge >= 0.3 is 0 Å². The van der Waals surface area contributed by atoms with Crippen LogP contribution in [0.4, 0.5) is 0 Å². The van der Waals surface area contributed by atoms with Gasteiger partial charge in [-0.15, -0.1) is 10.2 Å². The van der Waals surface area contributed by atoms with Gasteiger partial charge in [-0.1, -0.05) is 22.0 Å². The van der Waals surface area contributed by atoms with E-state index in [-0.39, 0.29) is 11.9 Å². The van der Waals surface area contributed by atoms with Gasteiger partial charge in [0.05, 0.1) is 6.04 Å². The zero-order valence-electron chi connectivity index (χ0n) is 11.1. The van der Waals surface area contributed by atoms with Crippen LogP contribution >= 0.6 is 15.9 Å². The standard InChI is InChI=1S/C14H15BrN4O/c1-9(13-18-17-12-6-3-7-19(12)13)16-14(20)10-4-2-5-11(15)8-10/h2,4-5,8-9H,3,6-7H2,1H3,(H,16,20)/t9-/m0/s1. The lowest BCUT2D eigenvalue weighted by molar-refractivity contribution is 0.0937. The molecule has 1 amide bonds. The number of halogens is 1. The summed E-state index contributed by atoms with van der Waals surface area (Å²) in [4.78, 5) is 12.2. The molecule has 1 N–H and O–H groups in total. The first-order valence-electron chi connectivity index (χ1n) is 6.63. The van der Waals surface area contributed by atoms with Gasteiger partial charge in [0.2, 0.25) is 0 Å². The summed E-state index contributed by atoms with van der Waals surface area (Å²) in [5.74, 6) is 1.75. The molecule has 0 aliphatic carbocycles. The SMILES string of the molecule is C[C@H](NC(=O)c1cccc(Br)c1)c1nnc2n1CCC2. The Morgan fingerprint density at radius 3 is 3.10 bits per heavy atom. The monoisotopic (exact) mass is 334 g/mol. The number of nitrogens with zero attached hydrogens (tertiary/aromatic N) is 3. The van der Waals surface area contributed by atoms with Gasteiger partial charge < -0.3 is 9.88 Å². The van der Waals surface area contributed by atoms with Crippen molar-refractivity contribution in [3.63, 3.8) is 0 Å². The Bertz CT molecular complexity index is 652. The highest BCUT2D eigenvalue weighted by atomic mass is 79.9. The Morgan fingerprint density at radius 2 is 2.30 bits per heavy atom. The van der Waals surface area contributed by atoms with Crippen LogP contribution in [0.15, 0.2) is 28.7 Å². The van der Waals surface area contributed by atoms with E-state index in [4.69, 9.17) is 0 Å². The van der Waals surface area contributed by atoms with Gasteiger partial charge in [-0.3, -0.25) is 4.79 Å². The van der Waals surface area contributed by atoms with Gasteiger partial charge in [0.1, 0.15) is 5.82 Å². The van der Waals surface area contributed by atoms with Crippen LogP contribution in [0.5, 0.6) is 0 Å². The molecule has 1 atom stereocenters. The van der Waals surface area contributed by atoms with Gasteiger partial charge in [-0.25, -0.2) is 0 Å². The second-order valence-electron chi connectivity index (χ2n) is 4.94. The Morgan fingerprint density at radius 1 is 1.45 bits per heavy atom. The molecule has 2 heterocycles. The van der Waals surface area contributed by atoms with E-state index in [2.05, 4.69) is 36.0 Å². The van der Waals surface area contributed by atoms with Gasteiger partial charge in [-0.05, 0) is 31.5 Å². The average Bonchev–Trinajstić information content (AvgIpc) is 3.00. The van der Waals surface area contributed by atoms with E-state index in [1.54, 1.807) is 12.1 Å². The molecule has 5 nitrogen and oxygen atoms in total. The molecular formula is C14H15BrN4O. The molecular weight excluding hydrogens is 320 g/mol. The molecule has 0 spiro atoms. The maximum absolute atomic E-state index is 12.2. The minimum absolute atomic E-state index is 0.103. The fraction of sp³-hybridized carbons (Fsp3) is 0.357. The Labute approximate surface area is 125 Å². The number of aromatic nitrogens is 3. The molecule has 20 heavy (non-hydrogen) atoms. The van der Waals surface area contributed by atoms with Gasteiger partial charge in [-0.2, -0.15) is 0 Å². The third-order valence-corrected chi connectivity index (χ3v) is 3.95. The lowest BCUT2D eigenvalue weighted by atomic mass is 10.2. The molecule has 0 radical (unpaired) electrons. The molecule has 1 aromatic heterocycles. The molecule has 2 aromatic rings. The summed E-state index contributed by atoms with van der Waals surface area (Å²) in [6, 6.07) is 7.18. The van der Waals surface area contributed by atoms with E-state index < -0.39 is 0 Å². The van der Waals surface area contributed by atoms with Crippen molar-refractivity contribution in [1.82, 2.24) is 20.1 Å². The fourth-order valence-corrected chi connectivity index (χ4v) is 2.87. The number of amides is 1. The van der Waals surface area contributed by atoms with E-state index in [0.29, 0.717) is 5.56 Å². The number of benzene rings is 1. The van der Waals surface area contributed by atoms with Crippen LogP contribution in [0.25, 0.3) is 0 Å². The number of fused-ring (bicyclic) bond motifs is 1. The average molecular weight is 335 g/mol. The van der Waals surface area contributed by atoms with E-state index in [9.17, 15) is 4.79 Å². The minimum Gasteiger partial charge on any atom is -0.342 e. The first kappa shape index (κ1) is 13.3. The first-order chi connectivity index (χ1) is 9.65. The van der Waals surface area contributed by atoms with E-state index in [0.717, 1.165) is 35.5 Å². The van der Waals surface area contributed by atoms with Gasteiger partial charge in [0.25, 0.3) is 5.91 Å². The summed E-state index contributed by atoms with van der Waals surface area (Å²) < 4.78 is 2.99. The largest absolute Gasteiger partial charge is 0.342 e. The number of hydrogen-bond donors (Lipinski definition) is 1. The summed E-state index contributed by atoms with van der Waals surface area (Å²) in [6.45, 7) is 2.88. The van der Waals surface area contributed by atoms with Crippen LogP contribution in [0.1, 0.15) is 41.4 Å². The second-order valence-corrected chi connectivity index (χ2v) is 5.85. The van der Waals surface area contributed by atoms with E-state index >= 15 is 0 Å². The summed E-state index contributed by atoms with van der Waals surface area (Å²) in [5.41, 5.74) is 0.632. The van der Waals surface area contributed by atoms with Crippen molar-refractivity contribution in [2.24, 2.45) is 0 Å². The number of nitrogens with one attached hydrogen (secondary N) is 1. The number of rotatable bonds is 3. The van der Waals surface area contributed by atoms with Crippen LogP contribution < -0.4 is 5.32 Å². The van der Waals surface area contributed by atoms with Crippen LogP contribution in [0, 0.1) is 0 Å². The molecule has 0 fully saturated rings. The third-order valence-electron chi connectivity index (χ3n) is 3.46. The smallest absolute Gasteiger partial charge is 0.251 e. The quantitative estimate of drug-likeness (QED) is 0.937. The molecule has 1 aromatic carbocycles. The highest BCUT2D eigenvalue weighted by Crippen LogP contribution is 2.19. The molecule has 6 heteroatoms. The maximum atomic E-state index is 12.2. The molecule has 0 bridgehead atoms. The molecule has 0 saturated heterocycles.